The molecule has 10 nitrogen and oxygen atoms in total. The second-order valence-electron chi connectivity index (χ2n) is 18.9. The zero-order valence-electron chi connectivity index (χ0n) is 40.3. The minimum atomic E-state index is 0.610. The maximum Gasteiger partial charge on any atom is 0.164 e. The highest BCUT2D eigenvalue weighted by atomic mass is 15.1. The molecule has 14 rings (SSSR count). The number of benzene rings is 6. The summed E-state index contributed by atoms with van der Waals surface area (Å²) in [7, 11) is 0. The van der Waals surface area contributed by atoms with Crippen molar-refractivity contribution in [3.8, 4) is 68.1 Å². The van der Waals surface area contributed by atoms with Crippen LogP contribution in [0.2, 0.25) is 0 Å². The van der Waals surface area contributed by atoms with Crippen LogP contribution < -0.4 is 0 Å². The summed E-state index contributed by atoms with van der Waals surface area (Å²) in [5.74, 6) is 3.95. The molecule has 0 spiro atoms. The Hall–Kier alpha value is -9.54. The molecule has 10 heteroatoms. The minimum Gasteiger partial charge on any atom is -0.313 e. The molecule has 6 heterocycles. The first-order chi connectivity index (χ1) is 36.7. The van der Waals surface area contributed by atoms with Gasteiger partial charge in [-0.3, -0.25) is 9.98 Å². The second kappa shape index (κ2) is 18.3. The third-order valence-electron chi connectivity index (χ3n) is 14.4. The largest absolute Gasteiger partial charge is 0.313 e. The number of hydrogen-bond donors (Lipinski definition) is 0. The number of dihydropyridines is 1. The molecule has 0 unspecified atom stereocenters. The predicted octanol–water partition coefficient (Wildman–Crippen LogP) is 14.4. The van der Waals surface area contributed by atoms with Crippen LogP contribution >= 0.6 is 0 Å². The monoisotopic (exact) mass is 954 g/mol. The molecule has 0 amide bonds. The summed E-state index contributed by atoms with van der Waals surface area (Å²) in [5, 5.41) is 3.64. The van der Waals surface area contributed by atoms with E-state index in [1.165, 1.54) is 44.1 Å². The van der Waals surface area contributed by atoms with Gasteiger partial charge >= 0.3 is 0 Å². The van der Waals surface area contributed by atoms with Crippen LogP contribution in [0.3, 0.4) is 0 Å². The van der Waals surface area contributed by atoms with E-state index in [0.717, 1.165) is 94.5 Å². The molecular formula is C64H46N10. The third kappa shape index (κ3) is 7.75. The van der Waals surface area contributed by atoms with Crippen molar-refractivity contribution < 1.29 is 0 Å². The molecule has 74 heavy (non-hydrogen) atoms. The number of aliphatic imine (C=N–C) groups is 1. The maximum atomic E-state index is 5.02. The number of hydrogen-bond acceptors (Lipinski definition) is 8. The lowest BCUT2D eigenvalue weighted by atomic mass is 9.98. The van der Waals surface area contributed by atoms with Crippen molar-refractivity contribution in [2.45, 2.75) is 32.1 Å². The van der Waals surface area contributed by atoms with Crippen LogP contribution in [0.1, 0.15) is 48.6 Å². The lowest BCUT2D eigenvalue weighted by Gasteiger charge is -2.14. The van der Waals surface area contributed by atoms with Crippen LogP contribution in [0.25, 0.3) is 118 Å². The van der Waals surface area contributed by atoms with E-state index in [-0.39, 0.29) is 0 Å². The van der Waals surface area contributed by atoms with Gasteiger partial charge in [-0.05, 0) is 140 Å². The first-order valence-corrected chi connectivity index (χ1v) is 25.3. The molecule has 11 aromatic rings. The van der Waals surface area contributed by atoms with Crippen LogP contribution in [0.5, 0.6) is 0 Å². The number of fused-ring (bicyclic) bond motifs is 6. The summed E-state index contributed by atoms with van der Waals surface area (Å²) < 4.78 is 4.80. The van der Waals surface area contributed by atoms with Gasteiger partial charge in [0.2, 0.25) is 0 Å². The lowest BCUT2D eigenvalue weighted by Crippen LogP contribution is -2.07. The van der Waals surface area contributed by atoms with Crippen LogP contribution in [0.4, 0.5) is 0 Å². The Kier molecular flexibility index (Phi) is 10.7. The van der Waals surface area contributed by atoms with Gasteiger partial charge in [-0.1, -0.05) is 91.0 Å². The molecule has 0 atom stereocenters. The Morgan fingerprint density at radius 1 is 0.405 bits per heavy atom. The van der Waals surface area contributed by atoms with Gasteiger partial charge in [0, 0.05) is 97.3 Å². The van der Waals surface area contributed by atoms with Gasteiger partial charge in [0.15, 0.2) is 34.9 Å². The van der Waals surface area contributed by atoms with Crippen molar-refractivity contribution in [2.75, 3.05) is 6.54 Å². The molecule has 0 radical (unpaired) electrons. The van der Waals surface area contributed by atoms with Gasteiger partial charge in [-0.2, -0.15) is 0 Å². The summed E-state index contributed by atoms with van der Waals surface area (Å²) in [6.07, 6.45) is 23.3. The highest BCUT2D eigenvalue weighted by molar-refractivity contribution is 6.11. The van der Waals surface area contributed by atoms with E-state index in [1.54, 1.807) is 12.4 Å². The topological polar surface area (TPSA) is 112 Å². The van der Waals surface area contributed by atoms with Crippen molar-refractivity contribution in [2.24, 2.45) is 4.99 Å². The molecule has 0 saturated carbocycles. The summed E-state index contributed by atoms with van der Waals surface area (Å²) in [6.45, 7) is 0.734. The average Bonchev–Trinajstić information content (AvgIpc) is 4.02. The number of allylic oxidation sites excluding steroid dienone is 6. The molecule has 0 bridgehead atoms. The zero-order chi connectivity index (χ0) is 49.0. The minimum absolute atomic E-state index is 0.610. The van der Waals surface area contributed by atoms with Crippen molar-refractivity contribution in [1.82, 2.24) is 44.0 Å². The molecule has 2 aliphatic carbocycles. The van der Waals surface area contributed by atoms with Crippen LogP contribution in [-0.4, -0.2) is 56.8 Å². The van der Waals surface area contributed by atoms with Gasteiger partial charge in [-0.15, -0.1) is 0 Å². The van der Waals surface area contributed by atoms with Gasteiger partial charge in [0.1, 0.15) is 0 Å². The number of para-hydroxylation sites is 1. The molecule has 352 valence electrons. The highest BCUT2D eigenvalue weighted by Crippen LogP contribution is 2.40. The molecule has 3 aliphatic rings. The van der Waals surface area contributed by atoms with E-state index in [9.17, 15) is 0 Å². The lowest BCUT2D eigenvalue weighted by molar-refractivity contribution is 0.888. The normalized spacial score (nSPS) is 14.2. The fraction of sp³-hybridized carbons (Fsp3) is 0.0938. The Bertz CT molecular complexity index is 4100. The van der Waals surface area contributed by atoms with E-state index >= 15 is 0 Å². The predicted molar refractivity (Wildman–Crippen MR) is 299 cm³/mol. The highest BCUT2D eigenvalue weighted by Gasteiger charge is 2.22. The smallest absolute Gasteiger partial charge is 0.164 e. The molecular weight excluding hydrogens is 909 g/mol. The van der Waals surface area contributed by atoms with Gasteiger partial charge in [0.25, 0.3) is 0 Å². The Balaban J connectivity index is 0.807. The van der Waals surface area contributed by atoms with E-state index in [0.29, 0.717) is 34.9 Å². The summed E-state index contributed by atoms with van der Waals surface area (Å²) >= 11 is 0. The van der Waals surface area contributed by atoms with Crippen LogP contribution in [0, 0.1) is 0 Å². The molecule has 0 N–H and O–H groups in total. The van der Waals surface area contributed by atoms with Gasteiger partial charge in [0.05, 0.1) is 16.6 Å². The molecule has 1 aliphatic heterocycles. The molecule has 6 aromatic carbocycles. The fourth-order valence-electron chi connectivity index (χ4n) is 10.7. The quantitative estimate of drug-likeness (QED) is 0.142. The van der Waals surface area contributed by atoms with E-state index in [2.05, 4.69) is 159 Å². The summed E-state index contributed by atoms with van der Waals surface area (Å²) in [4.78, 5) is 38.4. The summed E-state index contributed by atoms with van der Waals surface area (Å²) in [6, 6.07) is 53.7. The Labute approximate surface area is 427 Å². The van der Waals surface area contributed by atoms with Gasteiger partial charge in [-0.25, -0.2) is 29.9 Å². The zero-order valence-corrected chi connectivity index (χ0v) is 40.3. The first kappa shape index (κ1) is 43.3. The van der Waals surface area contributed by atoms with E-state index in [4.69, 9.17) is 29.9 Å². The molecule has 0 fully saturated rings. The van der Waals surface area contributed by atoms with Crippen molar-refractivity contribution >= 4 is 56.1 Å². The van der Waals surface area contributed by atoms with E-state index < -0.39 is 0 Å². The van der Waals surface area contributed by atoms with Crippen LogP contribution in [0.15, 0.2) is 199 Å². The SMILES string of the molecule is C1=CC(c2nc(C3=CC=NCC3)nc(-c3ccc(-n4c5ccccc5c5cc(-c6ccc7c(c6)c6c(n7-c7ccc(-c8nc(-c9ccccc9)nc(-c9ccncc9)n8)cc7)CCC=C6)ccc54)cc3)n2)=CCC1. The number of aromatic nitrogens is 9. The number of pyridine rings is 1. The van der Waals surface area contributed by atoms with Crippen LogP contribution in [-0.2, 0) is 6.42 Å². The van der Waals surface area contributed by atoms with Crippen molar-refractivity contribution in [3.05, 3.63) is 217 Å². The summed E-state index contributed by atoms with van der Waals surface area (Å²) in [5.41, 5.74) is 16.4. The second-order valence-corrected chi connectivity index (χ2v) is 18.9. The van der Waals surface area contributed by atoms with E-state index in [1.807, 2.05) is 54.8 Å². The first-order valence-electron chi connectivity index (χ1n) is 25.3. The number of rotatable bonds is 9. The maximum absolute atomic E-state index is 5.02. The Morgan fingerprint density at radius 3 is 1.66 bits per heavy atom. The van der Waals surface area contributed by atoms with Crippen molar-refractivity contribution in [1.29, 1.82) is 0 Å². The third-order valence-corrected chi connectivity index (χ3v) is 14.4. The van der Waals surface area contributed by atoms with Crippen molar-refractivity contribution in [3.63, 3.8) is 0 Å². The number of nitrogens with zero attached hydrogens (tertiary/aromatic N) is 10. The van der Waals surface area contributed by atoms with Gasteiger partial charge < -0.3 is 9.13 Å². The fourth-order valence-corrected chi connectivity index (χ4v) is 10.7. The average molecular weight is 955 g/mol. The Morgan fingerprint density at radius 2 is 0.973 bits per heavy atom. The molecule has 0 saturated heterocycles. The molecule has 5 aromatic heterocycles. The standard InChI is InChI=1S/C64H46N10/c1-3-11-41(12-4-1)59-67-61(71-63(69-59)45-31-35-65-36-32-45)43-19-25-49(26-20-43)73-55-17-9-7-15-51(55)53-39-47(23-29-57(53)73)48-24-30-58-54(40-48)52-16-8-10-18-56(52)74(58)50-27-21-44(22-28-50)62-68-60(42-13-5-2-6-14-42)70-64(72-62)46-33-37-66-38-34-46/h1,3-5,7-8,10-16,18-33,35-37,39-40H,2,6,9,17,34,38H2.